The molecule has 1 unspecified atom stereocenters. The monoisotopic (exact) mass is 230 g/mol. The van der Waals surface area contributed by atoms with Crippen LogP contribution in [0.15, 0.2) is 42.6 Å². The number of aromatic nitrogens is 1. The molecule has 3 nitrogen and oxygen atoms in total. The van der Waals surface area contributed by atoms with Crippen LogP contribution < -0.4 is 10.5 Å². The molecule has 0 aliphatic rings. The molecule has 2 aromatic rings. The molecule has 2 rings (SSSR count). The summed E-state index contributed by atoms with van der Waals surface area (Å²) in [5.74, 6) is 1.10. The second-order valence-corrected chi connectivity index (χ2v) is 3.92. The van der Waals surface area contributed by atoms with E-state index in [9.17, 15) is 0 Å². The highest BCUT2D eigenvalue weighted by atomic mass is 16.5. The van der Waals surface area contributed by atoms with Gasteiger partial charge >= 0.3 is 0 Å². The third-order valence-corrected chi connectivity index (χ3v) is 2.80. The Labute approximate surface area is 102 Å². The molecule has 3 N–H and O–H groups in total. The minimum absolute atomic E-state index is 0.199. The Balaban J connectivity index is 2.28. The van der Waals surface area contributed by atoms with E-state index < -0.39 is 0 Å². The topological polar surface area (TPSA) is 51.0 Å². The molecule has 1 heterocycles. The molecule has 0 bridgehead atoms. The zero-order valence-corrected chi connectivity index (χ0v) is 10.0. The van der Waals surface area contributed by atoms with Gasteiger partial charge in [-0.1, -0.05) is 12.1 Å². The number of nitrogens with two attached hydrogens (primary N) is 1. The fourth-order valence-corrected chi connectivity index (χ4v) is 1.99. The first kappa shape index (κ1) is 11.7. The van der Waals surface area contributed by atoms with Crippen molar-refractivity contribution in [3.05, 3.63) is 53.9 Å². The summed E-state index contributed by atoms with van der Waals surface area (Å²) in [4.78, 5) is 3.22. The van der Waals surface area contributed by atoms with Crippen molar-refractivity contribution in [2.24, 2.45) is 5.73 Å². The minimum atomic E-state index is 0.199. The predicted octanol–water partition coefficient (Wildman–Crippen LogP) is 2.50. The van der Waals surface area contributed by atoms with Crippen LogP contribution in [-0.2, 0) is 0 Å². The smallest absolute Gasteiger partial charge is 0.119 e. The van der Waals surface area contributed by atoms with Crippen LogP contribution in [0.1, 0.15) is 24.1 Å². The summed E-state index contributed by atoms with van der Waals surface area (Å²) in [5.41, 5.74) is 8.18. The van der Waals surface area contributed by atoms with Crippen molar-refractivity contribution in [1.29, 1.82) is 0 Å². The first-order chi connectivity index (χ1) is 8.35. The molecule has 0 spiro atoms. The molecule has 0 amide bonds. The highest BCUT2D eigenvalue weighted by Gasteiger charge is 2.13. The van der Waals surface area contributed by atoms with Gasteiger partial charge in [-0.25, -0.2) is 0 Å². The maximum Gasteiger partial charge on any atom is 0.119 e. The molecule has 90 valence electrons. The van der Waals surface area contributed by atoms with E-state index in [4.69, 9.17) is 10.5 Å². The highest BCUT2D eigenvalue weighted by molar-refractivity contribution is 5.35. The summed E-state index contributed by atoms with van der Waals surface area (Å²) in [7, 11) is 0. The second kappa shape index (κ2) is 5.55. The van der Waals surface area contributed by atoms with E-state index in [-0.39, 0.29) is 5.92 Å². The Bertz CT molecular complexity index is 451. The first-order valence-electron chi connectivity index (χ1n) is 5.91. The van der Waals surface area contributed by atoms with Crippen molar-refractivity contribution < 1.29 is 4.74 Å². The lowest BCUT2D eigenvalue weighted by molar-refractivity contribution is 0.340. The molecule has 1 aromatic carbocycles. The van der Waals surface area contributed by atoms with Gasteiger partial charge in [-0.05, 0) is 36.8 Å². The Kier molecular flexibility index (Phi) is 3.83. The van der Waals surface area contributed by atoms with Gasteiger partial charge in [0.05, 0.1) is 6.61 Å². The van der Waals surface area contributed by atoms with Crippen LogP contribution in [-0.4, -0.2) is 18.1 Å². The number of ether oxygens (including phenoxy) is 1. The first-order valence-corrected chi connectivity index (χ1v) is 5.91. The summed E-state index contributed by atoms with van der Waals surface area (Å²) < 4.78 is 5.51. The largest absolute Gasteiger partial charge is 0.494 e. The van der Waals surface area contributed by atoms with Crippen LogP contribution >= 0.6 is 0 Å². The van der Waals surface area contributed by atoms with Gasteiger partial charge in [0, 0.05) is 24.4 Å². The molecule has 0 saturated carbocycles. The number of rotatable bonds is 5. The second-order valence-electron chi connectivity index (χ2n) is 3.92. The number of aromatic amines is 1. The average Bonchev–Trinajstić information content (AvgIpc) is 2.85. The zero-order chi connectivity index (χ0) is 12.1. The van der Waals surface area contributed by atoms with Crippen LogP contribution in [0.3, 0.4) is 0 Å². The Hall–Kier alpha value is -1.74. The molecule has 0 aliphatic heterocycles. The molecule has 0 saturated heterocycles. The number of benzene rings is 1. The fourth-order valence-electron chi connectivity index (χ4n) is 1.99. The van der Waals surface area contributed by atoms with Crippen LogP contribution in [0, 0.1) is 0 Å². The zero-order valence-electron chi connectivity index (χ0n) is 10.0. The lowest BCUT2D eigenvalue weighted by Crippen LogP contribution is -2.14. The molecule has 3 heteroatoms. The lowest BCUT2D eigenvalue weighted by Gasteiger charge is -2.15. The Morgan fingerprint density at radius 2 is 2.18 bits per heavy atom. The van der Waals surface area contributed by atoms with Gasteiger partial charge in [-0.2, -0.15) is 0 Å². The van der Waals surface area contributed by atoms with Crippen LogP contribution in [0.5, 0.6) is 5.75 Å². The molecular weight excluding hydrogens is 212 g/mol. The van der Waals surface area contributed by atoms with E-state index in [0.717, 1.165) is 11.4 Å². The average molecular weight is 230 g/mol. The minimum Gasteiger partial charge on any atom is -0.494 e. The van der Waals surface area contributed by atoms with Gasteiger partial charge < -0.3 is 15.5 Å². The van der Waals surface area contributed by atoms with Crippen LogP contribution in [0.4, 0.5) is 0 Å². The Morgan fingerprint density at radius 1 is 1.29 bits per heavy atom. The van der Waals surface area contributed by atoms with E-state index in [2.05, 4.69) is 23.2 Å². The van der Waals surface area contributed by atoms with Gasteiger partial charge in [-0.15, -0.1) is 0 Å². The van der Waals surface area contributed by atoms with Crippen molar-refractivity contribution in [2.45, 2.75) is 12.8 Å². The third-order valence-electron chi connectivity index (χ3n) is 2.80. The summed E-state index contributed by atoms with van der Waals surface area (Å²) in [5, 5.41) is 0. The van der Waals surface area contributed by atoms with E-state index in [1.807, 2.05) is 31.3 Å². The van der Waals surface area contributed by atoms with Crippen molar-refractivity contribution in [3.63, 3.8) is 0 Å². The van der Waals surface area contributed by atoms with E-state index in [1.165, 1.54) is 5.56 Å². The third kappa shape index (κ3) is 2.68. The van der Waals surface area contributed by atoms with Crippen LogP contribution in [0.2, 0.25) is 0 Å². The van der Waals surface area contributed by atoms with Crippen molar-refractivity contribution >= 4 is 0 Å². The quantitative estimate of drug-likeness (QED) is 0.829. The van der Waals surface area contributed by atoms with Crippen LogP contribution in [0.25, 0.3) is 0 Å². The normalized spacial score (nSPS) is 12.4. The van der Waals surface area contributed by atoms with Gasteiger partial charge in [0.15, 0.2) is 0 Å². The molecule has 1 aromatic heterocycles. The number of H-pyrrole nitrogens is 1. The van der Waals surface area contributed by atoms with Gasteiger partial charge in [-0.3, -0.25) is 0 Å². The molecule has 17 heavy (non-hydrogen) atoms. The molecular formula is C14H18N2O. The number of nitrogens with one attached hydrogen (secondary N) is 1. The SMILES string of the molecule is CCOc1cccc(C(CN)c2ccc[nH]2)c1. The fraction of sp³-hybridized carbons (Fsp3) is 0.286. The Morgan fingerprint density at radius 3 is 2.82 bits per heavy atom. The summed E-state index contributed by atoms with van der Waals surface area (Å²) in [6.45, 7) is 3.24. The summed E-state index contributed by atoms with van der Waals surface area (Å²) in [6.07, 6.45) is 1.92. The van der Waals surface area contributed by atoms with Gasteiger partial charge in [0.1, 0.15) is 5.75 Å². The standard InChI is InChI=1S/C14H18N2O/c1-2-17-12-6-3-5-11(9-12)13(10-15)14-7-4-8-16-14/h3-9,13,16H,2,10,15H2,1H3. The van der Waals surface area contributed by atoms with Crippen molar-refractivity contribution in [2.75, 3.05) is 13.2 Å². The molecule has 0 aliphatic carbocycles. The lowest BCUT2D eigenvalue weighted by atomic mass is 9.96. The van der Waals surface area contributed by atoms with E-state index >= 15 is 0 Å². The van der Waals surface area contributed by atoms with Crippen molar-refractivity contribution in [1.82, 2.24) is 4.98 Å². The highest BCUT2D eigenvalue weighted by Crippen LogP contribution is 2.25. The molecule has 0 fully saturated rings. The van der Waals surface area contributed by atoms with Gasteiger partial charge in [0.2, 0.25) is 0 Å². The maximum absolute atomic E-state index is 5.86. The van der Waals surface area contributed by atoms with Gasteiger partial charge in [0.25, 0.3) is 0 Å². The summed E-state index contributed by atoms with van der Waals surface area (Å²) in [6, 6.07) is 12.2. The van der Waals surface area contributed by atoms with E-state index in [1.54, 1.807) is 0 Å². The number of hydrogen-bond donors (Lipinski definition) is 2. The molecule has 0 radical (unpaired) electrons. The predicted molar refractivity (Wildman–Crippen MR) is 69.3 cm³/mol. The summed E-state index contributed by atoms with van der Waals surface area (Å²) >= 11 is 0. The van der Waals surface area contributed by atoms with Crippen molar-refractivity contribution in [3.8, 4) is 5.75 Å². The molecule has 1 atom stereocenters. The van der Waals surface area contributed by atoms with E-state index in [0.29, 0.717) is 13.2 Å². The number of hydrogen-bond acceptors (Lipinski definition) is 2. The maximum atomic E-state index is 5.86.